The Labute approximate surface area is 127 Å². The Morgan fingerprint density at radius 3 is 1.32 bits per heavy atom. The Bertz CT molecular complexity index is 225. The molecule has 0 saturated carbocycles. The third-order valence-corrected chi connectivity index (χ3v) is 21.6. The van der Waals surface area contributed by atoms with Crippen LogP contribution in [0.15, 0.2) is 10.2 Å². The molecule has 0 amide bonds. The molecule has 0 N–H and O–H groups in total. The van der Waals surface area contributed by atoms with E-state index in [0.717, 1.165) is 0 Å². The van der Waals surface area contributed by atoms with E-state index in [-0.39, 0.29) is 0 Å². The Morgan fingerprint density at radius 1 is 0.789 bits per heavy atom. The van der Waals surface area contributed by atoms with E-state index in [2.05, 4.69) is 48.1 Å². The van der Waals surface area contributed by atoms with Gasteiger partial charge in [0.2, 0.25) is 0 Å². The molecule has 114 valence electrons. The Balaban J connectivity index is 5.13. The molecule has 0 bridgehead atoms. The van der Waals surface area contributed by atoms with Gasteiger partial charge in [-0.2, -0.15) is 0 Å². The number of allylic oxidation sites excluding steroid dienone is 1. The second kappa shape index (κ2) is 9.47. The van der Waals surface area contributed by atoms with Crippen molar-refractivity contribution >= 4 is 18.4 Å². The molecule has 1 heteroatoms. The van der Waals surface area contributed by atoms with Crippen molar-refractivity contribution < 1.29 is 0 Å². The van der Waals surface area contributed by atoms with Gasteiger partial charge in [-0.05, 0) is 0 Å². The van der Waals surface area contributed by atoms with E-state index < -0.39 is 18.4 Å². The van der Waals surface area contributed by atoms with Crippen LogP contribution in [0.3, 0.4) is 0 Å². The molecular formula is C18H38Sn. The molecule has 0 saturated heterocycles. The average Bonchev–Trinajstić information content (AvgIpc) is 2.36. The van der Waals surface area contributed by atoms with Gasteiger partial charge >= 0.3 is 127 Å². The van der Waals surface area contributed by atoms with Gasteiger partial charge in [-0.15, -0.1) is 0 Å². The molecule has 0 aliphatic heterocycles. The summed E-state index contributed by atoms with van der Waals surface area (Å²) in [6, 6.07) is 0. The standard InChI is InChI=1S/C6H11.3C4H9.Sn/c1-5-6(2,3)4;3*1-3-4-2;/h1H2,2-4H3;3*1,3-4H2,2H3;. The normalized spacial score (nSPS) is 12.7. The number of hydrogen-bond acceptors (Lipinski definition) is 0. The topological polar surface area (TPSA) is 0 Å². The van der Waals surface area contributed by atoms with Crippen LogP contribution in [0.1, 0.15) is 80.1 Å². The number of unbranched alkanes of at least 4 members (excludes halogenated alkanes) is 3. The first-order valence-electron chi connectivity index (χ1n) is 8.54. The van der Waals surface area contributed by atoms with E-state index in [1.165, 1.54) is 38.5 Å². The molecule has 0 nitrogen and oxygen atoms in total. The Hall–Kier alpha value is 0.539. The van der Waals surface area contributed by atoms with Gasteiger partial charge < -0.3 is 0 Å². The minimum atomic E-state index is -2.16. The van der Waals surface area contributed by atoms with E-state index >= 15 is 0 Å². The quantitative estimate of drug-likeness (QED) is 0.363. The molecule has 0 aliphatic rings. The van der Waals surface area contributed by atoms with E-state index in [9.17, 15) is 0 Å². The van der Waals surface area contributed by atoms with Crippen molar-refractivity contribution in [2.75, 3.05) is 0 Å². The zero-order valence-electron chi connectivity index (χ0n) is 14.6. The van der Waals surface area contributed by atoms with Crippen molar-refractivity contribution in [3.8, 4) is 0 Å². The van der Waals surface area contributed by atoms with Crippen molar-refractivity contribution in [1.82, 2.24) is 0 Å². The molecule has 0 radical (unpaired) electrons. The molecule has 0 aromatic rings. The van der Waals surface area contributed by atoms with Gasteiger partial charge in [0.25, 0.3) is 0 Å². The van der Waals surface area contributed by atoms with E-state index in [1.807, 2.05) is 0 Å². The SMILES string of the molecule is C=[C](C(C)(C)C)[Sn]([CH2]CCC)([CH2]CCC)[CH2]CCC. The Kier molecular flexibility index (Phi) is 9.74. The fourth-order valence-electron chi connectivity index (χ4n) is 3.17. The molecule has 0 unspecified atom stereocenters. The van der Waals surface area contributed by atoms with Crippen molar-refractivity contribution in [2.45, 2.75) is 93.4 Å². The van der Waals surface area contributed by atoms with Gasteiger partial charge in [0, 0.05) is 0 Å². The van der Waals surface area contributed by atoms with Crippen LogP contribution in [0.4, 0.5) is 0 Å². The van der Waals surface area contributed by atoms with Crippen LogP contribution in [0.2, 0.25) is 13.3 Å². The molecule has 0 atom stereocenters. The molecular weight excluding hydrogens is 335 g/mol. The summed E-state index contributed by atoms with van der Waals surface area (Å²) in [6.45, 7) is 18.9. The monoisotopic (exact) mass is 374 g/mol. The zero-order valence-corrected chi connectivity index (χ0v) is 17.4. The summed E-state index contributed by atoms with van der Waals surface area (Å²) in [6.07, 6.45) is 8.40. The summed E-state index contributed by atoms with van der Waals surface area (Å²) < 4.78 is 6.39. The second-order valence-corrected chi connectivity index (χ2v) is 20.6. The van der Waals surface area contributed by atoms with Gasteiger partial charge in [-0.25, -0.2) is 0 Å². The summed E-state index contributed by atoms with van der Waals surface area (Å²) in [7, 11) is 0. The van der Waals surface area contributed by atoms with Crippen LogP contribution in [-0.4, -0.2) is 18.4 Å². The van der Waals surface area contributed by atoms with Crippen molar-refractivity contribution in [1.29, 1.82) is 0 Å². The van der Waals surface area contributed by atoms with E-state index in [0.29, 0.717) is 5.41 Å². The Morgan fingerprint density at radius 2 is 1.11 bits per heavy atom. The van der Waals surface area contributed by atoms with Crippen LogP contribution < -0.4 is 0 Å². The number of hydrogen-bond donors (Lipinski definition) is 0. The van der Waals surface area contributed by atoms with Gasteiger partial charge in [-0.3, -0.25) is 0 Å². The minimum absolute atomic E-state index is 0.339. The molecule has 0 rings (SSSR count). The van der Waals surface area contributed by atoms with Crippen molar-refractivity contribution in [2.24, 2.45) is 5.41 Å². The fraction of sp³-hybridized carbons (Fsp3) is 0.889. The zero-order chi connectivity index (χ0) is 14.9. The first-order valence-corrected chi connectivity index (χ1v) is 16.0. The van der Waals surface area contributed by atoms with E-state index in [1.54, 1.807) is 16.9 Å². The van der Waals surface area contributed by atoms with Gasteiger partial charge in [-0.1, -0.05) is 0 Å². The van der Waals surface area contributed by atoms with Crippen LogP contribution >= 0.6 is 0 Å². The van der Waals surface area contributed by atoms with Gasteiger partial charge in [0.1, 0.15) is 0 Å². The first kappa shape index (κ1) is 19.5. The summed E-state index contributed by atoms with van der Waals surface area (Å²) in [5.41, 5.74) is 0.339. The van der Waals surface area contributed by atoms with Gasteiger partial charge in [0.15, 0.2) is 0 Å². The maximum atomic E-state index is 4.65. The molecule has 0 aromatic heterocycles. The van der Waals surface area contributed by atoms with Crippen LogP contribution in [0, 0.1) is 5.41 Å². The van der Waals surface area contributed by atoms with Gasteiger partial charge in [0.05, 0.1) is 0 Å². The molecule has 0 aliphatic carbocycles. The predicted molar refractivity (Wildman–Crippen MR) is 93.5 cm³/mol. The van der Waals surface area contributed by atoms with Crippen molar-refractivity contribution in [3.05, 3.63) is 10.2 Å². The third-order valence-electron chi connectivity index (χ3n) is 4.57. The average molecular weight is 373 g/mol. The molecule has 19 heavy (non-hydrogen) atoms. The summed E-state index contributed by atoms with van der Waals surface area (Å²) in [4.78, 5) is 0. The summed E-state index contributed by atoms with van der Waals surface area (Å²) >= 11 is -2.16. The fourth-order valence-corrected chi connectivity index (χ4v) is 21.3. The molecule has 0 heterocycles. The predicted octanol–water partition coefficient (Wildman–Crippen LogP) is 6.98. The van der Waals surface area contributed by atoms with E-state index in [4.69, 9.17) is 0 Å². The van der Waals surface area contributed by atoms with Crippen molar-refractivity contribution in [3.63, 3.8) is 0 Å². The number of rotatable bonds is 10. The maximum absolute atomic E-state index is 4.65. The molecule has 0 spiro atoms. The third kappa shape index (κ3) is 6.69. The summed E-state index contributed by atoms with van der Waals surface area (Å²) in [5, 5.41) is 0. The molecule has 0 aromatic carbocycles. The first-order chi connectivity index (χ1) is 8.84. The van der Waals surface area contributed by atoms with Crippen LogP contribution in [-0.2, 0) is 0 Å². The summed E-state index contributed by atoms with van der Waals surface area (Å²) in [5.74, 6) is 0. The van der Waals surface area contributed by atoms with Crippen LogP contribution in [0.25, 0.3) is 0 Å². The molecule has 0 fully saturated rings. The second-order valence-electron chi connectivity index (χ2n) is 7.32. The van der Waals surface area contributed by atoms with Crippen LogP contribution in [0.5, 0.6) is 0 Å².